The minimum Gasteiger partial charge on any atom is -0.481 e. The van der Waals surface area contributed by atoms with Crippen molar-refractivity contribution in [3.63, 3.8) is 0 Å². The molecule has 1 amide bonds. The number of hydrogen-bond acceptors (Lipinski definition) is 3. The first-order valence-corrected chi connectivity index (χ1v) is 9.02. The summed E-state index contributed by atoms with van der Waals surface area (Å²) >= 11 is 0. The van der Waals surface area contributed by atoms with Crippen LogP contribution in [0.3, 0.4) is 0 Å². The quantitative estimate of drug-likeness (QED) is 0.912. The van der Waals surface area contributed by atoms with E-state index in [1.165, 1.54) is 29.9 Å². The molecular weight excluding hydrogens is 323 g/mol. The van der Waals surface area contributed by atoms with Gasteiger partial charge in [-0.15, -0.1) is 0 Å². The summed E-state index contributed by atoms with van der Waals surface area (Å²) in [5, 5.41) is 9.92. The maximum atomic E-state index is 13.9. The Balaban J connectivity index is 1.54. The molecule has 0 spiro atoms. The third-order valence-electron chi connectivity index (χ3n) is 6.29. The van der Waals surface area contributed by atoms with Gasteiger partial charge in [-0.2, -0.15) is 0 Å². The lowest BCUT2D eigenvalue weighted by atomic mass is 9.81. The standard InChI is InChI=1S/C19H23FN2O3/c20-16-8-4-3-7-15(16)17(23)22-10-13-9-21(14-5-1-2-6-14)11-19(13,12-22)18(24)25/h3-4,7-8,13-14H,1-2,5-6,9-12H2,(H,24,25)/t13-,19-/m0/s1. The number of nitrogens with zero attached hydrogens (tertiary/aromatic N) is 2. The number of fused-ring (bicyclic) bond motifs is 1. The lowest BCUT2D eigenvalue weighted by molar-refractivity contribution is -0.148. The van der Waals surface area contributed by atoms with Crippen LogP contribution in [0.25, 0.3) is 0 Å². The first-order chi connectivity index (χ1) is 12.0. The number of benzene rings is 1. The van der Waals surface area contributed by atoms with E-state index in [0.717, 1.165) is 19.4 Å². The van der Waals surface area contributed by atoms with E-state index >= 15 is 0 Å². The molecule has 4 rings (SSSR count). The summed E-state index contributed by atoms with van der Waals surface area (Å²) in [7, 11) is 0. The molecule has 3 fully saturated rings. The maximum Gasteiger partial charge on any atom is 0.313 e. The fourth-order valence-electron chi connectivity index (χ4n) is 4.91. The highest BCUT2D eigenvalue weighted by Gasteiger charge is 2.59. The first kappa shape index (κ1) is 16.5. The smallest absolute Gasteiger partial charge is 0.313 e. The normalized spacial score (nSPS) is 30.0. The Morgan fingerprint density at radius 2 is 1.84 bits per heavy atom. The molecule has 0 radical (unpaired) electrons. The molecule has 6 heteroatoms. The Morgan fingerprint density at radius 1 is 1.12 bits per heavy atom. The molecule has 1 aromatic carbocycles. The molecular formula is C19H23FN2O3. The van der Waals surface area contributed by atoms with E-state index in [2.05, 4.69) is 4.90 Å². The van der Waals surface area contributed by atoms with Gasteiger partial charge in [0.1, 0.15) is 11.2 Å². The number of amides is 1. The van der Waals surface area contributed by atoms with E-state index in [4.69, 9.17) is 0 Å². The lowest BCUT2D eigenvalue weighted by Crippen LogP contribution is -2.43. The minimum absolute atomic E-state index is 0.0238. The summed E-state index contributed by atoms with van der Waals surface area (Å²) in [5.41, 5.74) is -0.889. The third kappa shape index (κ3) is 2.63. The SMILES string of the molecule is O=C(c1ccccc1F)N1C[C@@H]2CN(C3CCCC3)C[C@]2(C(=O)O)C1. The van der Waals surface area contributed by atoms with Crippen molar-refractivity contribution >= 4 is 11.9 Å². The van der Waals surface area contributed by atoms with Gasteiger partial charge in [0.05, 0.1) is 5.56 Å². The second-order valence-corrected chi connectivity index (χ2v) is 7.69. The summed E-state index contributed by atoms with van der Waals surface area (Å²) in [6.07, 6.45) is 4.70. The molecule has 1 N–H and O–H groups in total. The van der Waals surface area contributed by atoms with Crippen molar-refractivity contribution in [2.24, 2.45) is 11.3 Å². The number of carbonyl (C=O) groups is 2. The zero-order chi connectivity index (χ0) is 17.6. The van der Waals surface area contributed by atoms with Crippen LogP contribution in [0.2, 0.25) is 0 Å². The minimum atomic E-state index is -0.913. The molecule has 25 heavy (non-hydrogen) atoms. The Hall–Kier alpha value is -1.95. The van der Waals surface area contributed by atoms with Gasteiger partial charge < -0.3 is 10.0 Å². The van der Waals surface area contributed by atoms with Crippen molar-refractivity contribution < 1.29 is 19.1 Å². The topological polar surface area (TPSA) is 60.9 Å². The van der Waals surface area contributed by atoms with Gasteiger partial charge in [0.15, 0.2) is 0 Å². The predicted molar refractivity (Wildman–Crippen MR) is 89.7 cm³/mol. The number of hydrogen-bond donors (Lipinski definition) is 1. The van der Waals surface area contributed by atoms with Gasteiger partial charge >= 0.3 is 5.97 Å². The fourth-order valence-corrected chi connectivity index (χ4v) is 4.91. The average Bonchev–Trinajstić information content (AvgIpc) is 3.28. The lowest BCUT2D eigenvalue weighted by Gasteiger charge is -2.28. The van der Waals surface area contributed by atoms with E-state index in [0.29, 0.717) is 19.1 Å². The zero-order valence-corrected chi connectivity index (χ0v) is 14.2. The fraction of sp³-hybridized carbons (Fsp3) is 0.579. The summed E-state index contributed by atoms with van der Waals surface area (Å²) in [6, 6.07) is 6.38. The van der Waals surface area contributed by atoms with Crippen molar-refractivity contribution in [2.75, 3.05) is 26.2 Å². The van der Waals surface area contributed by atoms with Crippen LogP contribution in [0.4, 0.5) is 4.39 Å². The van der Waals surface area contributed by atoms with Crippen molar-refractivity contribution in [2.45, 2.75) is 31.7 Å². The summed E-state index contributed by atoms with van der Waals surface area (Å²) in [6.45, 7) is 1.78. The van der Waals surface area contributed by atoms with Crippen LogP contribution >= 0.6 is 0 Å². The first-order valence-electron chi connectivity index (χ1n) is 9.02. The Kier molecular flexibility index (Phi) is 4.02. The molecule has 1 aromatic rings. The van der Waals surface area contributed by atoms with Gasteiger partial charge in [-0.3, -0.25) is 14.5 Å². The molecule has 1 saturated carbocycles. The number of carboxylic acids is 1. The van der Waals surface area contributed by atoms with E-state index in [1.807, 2.05) is 0 Å². The van der Waals surface area contributed by atoms with Crippen LogP contribution in [0.15, 0.2) is 24.3 Å². The summed E-state index contributed by atoms with van der Waals surface area (Å²) in [5.74, 6) is -1.87. The number of aliphatic carboxylic acids is 1. The van der Waals surface area contributed by atoms with E-state index < -0.39 is 23.1 Å². The van der Waals surface area contributed by atoms with E-state index in [9.17, 15) is 19.1 Å². The number of halogens is 1. The summed E-state index contributed by atoms with van der Waals surface area (Å²) in [4.78, 5) is 28.6. The third-order valence-corrected chi connectivity index (χ3v) is 6.29. The molecule has 2 saturated heterocycles. The van der Waals surface area contributed by atoms with Gasteiger partial charge in [0.2, 0.25) is 0 Å². The van der Waals surface area contributed by atoms with Gasteiger partial charge in [-0.25, -0.2) is 4.39 Å². The second kappa shape index (κ2) is 6.09. The van der Waals surface area contributed by atoms with Crippen LogP contribution in [0, 0.1) is 17.2 Å². The monoisotopic (exact) mass is 346 g/mol. The van der Waals surface area contributed by atoms with Gasteiger partial charge in [-0.1, -0.05) is 25.0 Å². The van der Waals surface area contributed by atoms with Gasteiger partial charge in [-0.05, 0) is 25.0 Å². The number of carbonyl (C=O) groups excluding carboxylic acids is 1. The predicted octanol–water partition coefficient (Wildman–Crippen LogP) is 2.23. The van der Waals surface area contributed by atoms with Crippen LogP contribution in [-0.4, -0.2) is 59.0 Å². The maximum absolute atomic E-state index is 13.9. The van der Waals surface area contributed by atoms with Crippen LogP contribution in [0.1, 0.15) is 36.0 Å². The number of likely N-dealkylation sites (tertiary alicyclic amines) is 2. The molecule has 0 bridgehead atoms. The molecule has 3 aliphatic rings. The Morgan fingerprint density at radius 3 is 2.48 bits per heavy atom. The largest absolute Gasteiger partial charge is 0.481 e. The highest BCUT2D eigenvalue weighted by Crippen LogP contribution is 2.45. The van der Waals surface area contributed by atoms with Crippen LogP contribution in [-0.2, 0) is 4.79 Å². The van der Waals surface area contributed by atoms with Crippen molar-refractivity contribution in [1.29, 1.82) is 0 Å². The Labute approximate surface area is 146 Å². The van der Waals surface area contributed by atoms with Crippen molar-refractivity contribution in [3.05, 3.63) is 35.6 Å². The zero-order valence-electron chi connectivity index (χ0n) is 14.2. The van der Waals surface area contributed by atoms with Crippen LogP contribution < -0.4 is 0 Å². The molecule has 2 atom stereocenters. The molecule has 0 unspecified atom stereocenters. The number of rotatable bonds is 3. The van der Waals surface area contributed by atoms with E-state index in [1.54, 1.807) is 12.1 Å². The van der Waals surface area contributed by atoms with Gasteiger partial charge in [0.25, 0.3) is 5.91 Å². The molecule has 0 aromatic heterocycles. The molecule has 5 nitrogen and oxygen atoms in total. The molecule has 2 heterocycles. The van der Waals surface area contributed by atoms with Gasteiger partial charge in [0, 0.05) is 38.1 Å². The average molecular weight is 346 g/mol. The van der Waals surface area contributed by atoms with Crippen molar-refractivity contribution in [3.8, 4) is 0 Å². The molecule has 1 aliphatic carbocycles. The molecule has 2 aliphatic heterocycles. The Bertz CT molecular complexity index is 704. The van der Waals surface area contributed by atoms with Crippen molar-refractivity contribution in [1.82, 2.24) is 9.80 Å². The number of carboxylic acid groups (broad SMARTS) is 1. The highest BCUT2D eigenvalue weighted by atomic mass is 19.1. The second-order valence-electron chi connectivity index (χ2n) is 7.69. The van der Waals surface area contributed by atoms with Crippen LogP contribution in [0.5, 0.6) is 0 Å². The highest BCUT2D eigenvalue weighted by molar-refractivity contribution is 5.95. The molecule has 134 valence electrons. The summed E-state index contributed by atoms with van der Waals surface area (Å²) < 4.78 is 13.9. The van der Waals surface area contributed by atoms with E-state index in [-0.39, 0.29) is 18.0 Å².